The van der Waals surface area contributed by atoms with E-state index in [2.05, 4.69) is 46.2 Å². The molecule has 0 spiro atoms. The number of aromatic nitrogens is 2. The lowest BCUT2D eigenvalue weighted by atomic mass is 9.90. The third kappa shape index (κ3) is 2.43. The highest BCUT2D eigenvalue weighted by Gasteiger charge is 2.47. The van der Waals surface area contributed by atoms with E-state index in [4.69, 9.17) is 0 Å². The minimum atomic E-state index is -0.420. The van der Waals surface area contributed by atoms with Crippen molar-refractivity contribution in [3.05, 3.63) is 64.3 Å². The van der Waals surface area contributed by atoms with Gasteiger partial charge in [-0.3, -0.25) is 14.5 Å². The van der Waals surface area contributed by atoms with E-state index in [1.807, 2.05) is 6.07 Å². The number of likely N-dealkylation sites (tertiary alicyclic amines) is 2. The van der Waals surface area contributed by atoms with Gasteiger partial charge < -0.3 is 9.88 Å². The standard InChI is InChI=1S/C18H20N4O2/c1-21-9-13-10-22(18(24)15-17(23)20-8-7-19-15)11-14(13)16(21)12-5-3-2-4-6-12/h2-8,13-14,16H,9-11H2,1H3,(H,20,23)/t13-,14+,16-/m0/s1. The number of amides is 1. The van der Waals surface area contributed by atoms with E-state index in [1.165, 1.54) is 18.0 Å². The molecule has 0 unspecified atom stereocenters. The third-order valence-corrected chi connectivity index (χ3v) is 5.23. The van der Waals surface area contributed by atoms with Crippen molar-refractivity contribution in [3.63, 3.8) is 0 Å². The molecule has 3 heterocycles. The van der Waals surface area contributed by atoms with Crippen LogP contribution in [-0.4, -0.2) is 52.4 Å². The molecule has 3 atom stereocenters. The number of benzene rings is 1. The van der Waals surface area contributed by atoms with Gasteiger partial charge in [0.05, 0.1) is 0 Å². The van der Waals surface area contributed by atoms with Crippen LogP contribution in [0.5, 0.6) is 0 Å². The van der Waals surface area contributed by atoms with Crippen LogP contribution in [0.2, 0.25) is 0 Å². The van der Waals surface area contributed by atoms with Crippen molar-refractivity contribution in [3.8, 4) is 0 Å². The Morgan fingerprint density at radius 3 is 2.75 bits per heavy atom. The molecule has 0 saturated carbocycles. The van der Waals surface area contributed by atoms with Crippen LogP contribution < -0.4 is 5.56 Å². The van der Waals surface area contributed by atoms with Gasteiger partial charge in [-0.2, -0.15) is 0 Å². The molecule has 124 valence electrons. The molecule has 24 heavy (non-hydrogen) atoms. The van der Waals surface area contributed by atoms with Gasteiger partial charge in [0.1, 0.15) is 0 Å². The topological polar surface area (TPSA) is 69.3 Å². The largest absolute Gasteiger partial charge is 0.336 e. The molecule has 2 saturated heterocycles. The summed E-state index contributed by atoms with van der Waals surface area (Å²) in [5.74, 6) is 0.566. The molecule has 6 nitrogen and oxygen atoms in total. The number of nitrogens with one attached hydrogen (secondary N) is 1. The van der Waals surface area contributed by atoms with Gasteiger partial charge in [0, 0.05) is 44.0 Å². The van der Waals surface area contributed by atoms with E-state index >= 15 is 0 Å². The van der Waals surface area contributed by atoms with Gasteiger partial charge in [-0.15, -0.1) is 0 Å². The van der Waals surface area contributed by atoms with Crippen molar-refractivity contribution in [1.29, 1.82) is 0 Å². The lowest BCUT2D eigenvalue weighted by Gasteiger charge is -2.26. The quantitative estimate of drug-likeness (QED) is 0.899. The van der Waals surface area contributed by atoms with Gasteiger partial charge in [0.25, 0.3) is 11.5 Å². The summed E-state index contributed by atoms with van der Waals surface area (Å²) in [4.78, 5) is 35.1. The van der Waals surface area contributed by atoms with Crippen molar-refractivity contribution in [1.82, 2.24) is 19.8 Å². The van der Waals surface area contributed by atoms with E-state index in [0.29, 0.717) is 31.0 Å². The summed E-state index contributed by atoms with van der Waals surface area (Å²) in [6, 6.07) is 10.8. The predicted octanol–water partition coefficient (Wildman–Crippen LogP) is 1.14. The minimum absolute atomic E-state index is 0.0120. The predicted molar refractivity (Wildman–Crippen MR) is 89.6 cm³/mol. The number of rotatable bonds is 2. The van der Waals surface area contributed by atoms with E-state index in [9.17, 15) is 9.59 Å². The number of carbonyl (C=O) groups is 1. The molecule has 1 aromatic heterocycles. The summed E-state index contributed by atoms with van der Waals surface area (Å²) in [5, 5.41) is 0. The third-order valence-electron chi connectivity index (χ3n) is 5.23. The average molecular weight is 324 g/mol. The first-order chi connectivity index (χ1) is 11.6. The van der Waals surface area contributed by atoms with E-state index in [-0.39, 0.29) is 11.6 Å². The van der Waals surface area contributed by atoms with Crippen LogP contribution in [0.3, 0.4) is 0 Å². The molecule has 0 aliphatic carbocycles. The van der Waals surface area contributed by atoms with Gasteiger partial charge in [0.15, 0.2) is 5.69 Å². The van der Waals surface area contributed by atoms with Gasteiger partial charge in [-0.25, -0.2) is 4.98 Å². The Balaban J connectivity index is 1.57. The van der Waals surface area contributed by atoms with E-state index < -0.39 is 5.56 Å². The zero-order valence-corrected chi connectivity index (χ0v) is 13.6. The second-order valence-corrected chi connectivity index (χ2v) is 6.70. The number of aromatic amines is 1. The molecule has 1 N–H and O–H groups in total. The maximum Gasteiger partial charge on any atom is 0.279 e. The lowest BCUT2D eigenvalue weighted by Crippen LogP contribution is -2.36. The summed E-state index contributed by atoms with van der Waals surface area (Å²) >= 11 is 0. The molecule has 2 fully saturated rings. The van der Waals surface area contributed by atoms with Crippen LogP contribution in [0.1, 0.15) is 22.1 Å². The molecule has 0 radical (unpaired) electrons. The molecular formula is C18H20N4O2. The molecule has 2 aliphatic rings. The smallest absolute Gasteiger partial charge is 0.279 e. The van der Waals surface area contributed by atoms with Crippen molar-refractivity contribution >= 4 is 5.91 Å². The lowest BCUT2D eigenvalue weighted by molar-refractivity contribution is 0.0760. The Morgan fingerprint density at radius 2 is 2.00 bits per heavy atom. The summed E-state index contributed by atoms with van der Waals surface area (Å²) in [6.07, 6.45) is 2.89. The van der Waals surface area contributed by atoms with Crippen LogP contribution in [0.15, 0.2) is 47.5 Å². The van der Waals surface area contributed by atoms with Crippen LogP contribution in [0.25, 0.3) is 0 Å². The number of H-pyrrole nitrogens is 1. The maximum absolute atomic E-state index is 12.7. The number of fused-ring (bicyclic) bond motifs is 1. The molecular weight excluding hydrogens is 304 g/mol. The second kappa shape index (κ2) is 5.87. The molecule has 1 aromatic carbocycles. The first-order valence-corrected chi connectivity index (χ1v) is 8.23. The molecule has 4 rings (SSSR count). The first kappa shape index (κ1) is 15.1. The fourth-order valence-electron chi connectivity index (χ4n) is 4.23. The van der Waals surface area contributed by atoms with Crippen molar-refractivity contribution in [2.75, 3.05) is 26.7 Å². The molecule has 2 aromatic rings. The number of hydrogen-bond acceptors (Lipinski definition) is 4. The highest BCUT2D eigenvalue weighted by atomic mass is 16.2. The van der Waals surface area contributed by atoms with Crippen LogP contribution in [0.4, 0.5) is 0 Å². The molecule has 2 aliphatic heterocycles. The minimum Gasteiger partial charge on any atom is -0.336 e. The Morgan fingerprint density at radius 1 is 1.21 bits per heavy atom. The van der Waals surface area contributed by atoms with E-state index in [0.717, 1.165) is 6.54 Å². The molecule has 0 bridgehead atoms. The summed E-state index contributed by atoms with van der Waals surface area (Å²) in [5.41, 5.74) is 0.857. The Bertz CT molecular complexity index is 804. The van der Waals surface area contributed by atoms with Gasteiger partial charge in [0.2, 0.25) is 0 Å². The summed E-state index contributed by atoms with van der Waals surface area (Å²) < 4.78 is 0. The maximum atomic E-state index is 12.7. The summed E-state index contributed by atoms with van der Waals surface area (Å²) in [7, 11) is 2.14. The van der Waals surface area contributed by atoms with Crippen LogP contribution in [-0.2, 0) is 0 Å². The second-order valence-electron chi connectivity index (χ2n) is 6.70. The fourth-order valence-corrected chi connectivity index (χ4v) is 4.23. The summed E-state index contributed by atoms with van der Waals surface area (Å²) in [6.45, 7) is 2.32. The highest BCUT2D eigenvalue weighted by molar-refractivity contribution is 5.92. The monoisotopic (exact) mass is 324 g/mol. The fraction of sp³-hybridized carbons (Fsp3) is 0.389. The molecule has 1 amide bonds. The zero-order valence-electron chi connectivity index (χ0n) is 13.6. The SMILES string of the molecule is CN1C[C@H]2CN(C(=O)c3ncc[nH]c3=O)C[C@H]2[C@@H]1c1ccccc1. The zero-order chi connectivity index (χ0) is 16.7. The van der Waals surface area contributed by atoms with Gasteiger partial charge >= 0.3 is 0 Å². The number of hydrogen-bond donors (Lipinski definition) is 1. The Kier molecular flexibility index (Phi) is 3.69. The average Bonchev–Trinajstić information content (AvgIpc) is 3.12. The van der Waals surface area contributed by atoms with Crippen molar-refractivity contribution < 1.29 is 4.79 Å². The molecule has 6 heteroatoms. The van der Waals surface area contributed by atoms with Crippen molar-refractivity contribution in [2.45, 2.75) is 6.04 Å². The highest BCUT2D eigenvalue weighted by Crippen LogP contribution is 2.44. The van der Waals surface area contributed by atoms with Gasteiger partial charge in [-0.05, 0) is 18.5 Å². The Labute approximate surface area is 140 Å². The number of carbonyl (C=O) groups excluding carboxylic acids is 1. The number of nitrogens with zero attached hydrogens (tertiary/aromatic N) is 3. The normalized spacial score (nSPS) is 26.5. The van der Waals surface area contributed by atoms with E-state index in [1.54, 1.807) is 4.90 Å². The van der Waals surface area contributed by atoms with Crippen LogP contribution >= 0.6 is 0 Å². The van der Waals surface area contributed by atoms with Crippen LogP contribution in [0, 0.1) is 11.8 Å². The Hall–Kier alpha value is -2.47. The first-order valence-electron chi connectivity index (χ1n) is 8.23. The van der Waals surface area contributed by atoms with Gasteiger partial charge in [-0.1, -0.05) is 30.3 Å². The van der Waals surface area contributed by atoms with Crippen molar-refractivity contribution in [2.24, 2.45) is 11.8 Å².